The quantitative estimate of drug-likeness (QED) is 0.0379. The molecule has 0 saturated carbocycles. The van der Waals surface area contributed by atoms with Crippen molar-refractivity contribution in [3.8, 4) is 0 Å². The first-order valence-corrected chi connectivity index (χ1v) is 42.9. The second-order valence-electron chi connectivity index (χ2n) is 33.1. The van der Waals surface area contributed by atoms with Crippen molar-refractivity contribution in [2.45, 2.75) is 293 Å². The van der Waals surface area contributed by atoms with Gasteiger partial charge in [0.2, 0.25) is 65.0 Å². The zero-order valence-electron chi connectivity index (χ0n) is 72.3. The Morgan fingerprint density at radius 3 is 1.16 bits per heavy atom. The van der Waals surface area contributed by atoms with Crippen molar-refractivity contribution in [3.63, 3.8) is 0 Å². The third kappa shape index (κ3) is 37.9. The molecule has 2 fully saturated rings. The van der Waals surface area contributed by atoms with E-state index < -0.39 is 125 Å². The van der Waals surface area contributed by atoms with Crippen LogP contribution in [0.25, 0.3) is 0 Å². The molecule has 0 radical (unpaired) electrons. The third-order valence-electron chi connectivity index (χ3n) is 22.4. The van der Waals surface area contributed by atoms with Crippen LogP contribution in [0.2, 0.25) is 0 Å². The number of likely N-dealkylation sites (tertiary alicyclic amines) is 2. The molecule has 0 bridgehead atoms. The van der Waals surface area contributed by atoms with E-state index in [4.69, 9.17) is 37.1 Å². The molecule has 11 amide bonds. The maximum absolute atomic E-state index is 14.1. The molecule has 0 aromatic heterocycles. The Kier molecular flexibility index (Phi) is 51.0. The summed E-state index contributed by atoms with van der Waals surface area (Å²) in [5.41, 5.74) is 22.5. The fourth-order valence-electron chi connectivity index (χ4n) is 14.1. The molecular formula is C84H147N13O19. The van der Waals surface area contributed by atoms with Crippen molar-refractivity contribution >= 4 is 93.9 Å². The Labute approximate surface area is 689 Å². The van der Waals surface area contributed by atoms with Crippen molar-refractivity contribution in [3.05, 3.63) is 0 Å². The molecular weight excluding hydrogens is 1490 g/mol. The first-order valence-electron chi connectivity index (χ1n) is 42.9. The summed E-state index contributed by atoms with van der Waals surface area (Å²) < 4.78 is 17.1. The van der Waals surface area contributed by atoms with E-state index in [1.807, 2.05) is 48.5 Å². The minimum absolute atomic E-state index is 0.141. The SMILES string of the molecule is CC[C@@H](C)C(=O)NC(C(=O)N1CCC[C@H]1C(=O)N[C@H](C(=O)C[C@@H](C)C(=O)N[C@@H](CCC(N)=O)C(=O)C[C@@H](CCCCN)C(=O)NCCCOCCOCCOCCCNC(=O)[C@H](CCCCN)CC(=O)[C@H](CCC(N)=O)NC(=O)[C@H](C)CC(=O)[C@@H](CC(=O)[C@@H]1CCCN1C(=O)[C@@H](NC(=O)[C@H](C)CC)C(C)C)C(C)C)[C@@H](C)CC)C(C)C. The minimum Gasteiger partial charge on any atom is -0.379 e. The molecule has 2 rings (SSSR count). The van der Waals surface area contributed by atoms with E-state index in [-0.39, 0.29) is 187 Å². The molecule has 0 spiro atoms. The summed E-state index contributed by atoms with van der Waals surface area (Å²) in [5.74, 6) is -13.4. The number of hydrogen-bond donors (Lipinski definition) is 11. The van der Waals surface area contributed by atoms with Crippen molar-refractivity contribution in [1.82, 2.24) is 47.0 Å². The third-order valence-corrected chi connectivity index (χ3v) is 22.4. The van der Waals surface area contributed by atoms with Gasteiger partial charge >= 0.3 is 0 Å². The maximum atomic E-state index is 14.1. The number of carbonyl (C=O) groups excluding carboxylic acids is 16. The Balaban J connectivity index is 1.91. The molecule has 2 saturated heterocycles. The van der Waals surface area contributed by atoms with Gasteiger partial charge in [0.05, 0.1) is 50.6 Å². The second-order valence-corrected chi connectivity index (χ2v) is 33.1. The van der Waals surface area contributed by atoms with Gasteiger partial charge in [-0.1, -0.05) is 116 Å². The van der Waals surface area contributed by atoms with Crippen LogP contribution < -0.4 is 60.2 Å². The first kappa shape index (κ1) is 104. The number of hydrogen-bond acceptors (Lipinski definition) is 21. The molecule has 116 heavy (non-hydrogen) atoms. The lowest BCUT2D eigenvalue weighted by Crippen LogP contribution is -2.57. The van der Waals surface area contributed by atoms with Crippen LogP contribution in [-0.4, -0.2) is 225 Å². The lowest BCUT2D eigenvalue weighted by atomic mass is 9.82. The minimum atomic E-state index is -1.22. The predicted molar refractivity (Wildman–Crippen MR) is 439 cm³/mol. The van der Waals surface area contributed by atoms with Gasteiger partial charge in [-0.05, 0) is 127 Å². The average molecular weight is 1640 g/mol. The second kappa shape index (κ2) is 56.7. The molecule has 15 N–H and O–H groups in total. The molecule has 0 aromatic carbocycles. The van der Waals surface area contributed by atoms with E-state index >= 15 is 0 Å². The molecule has 1 unspecified atom stereocenters. The summed E-state index contributed by atoms with van der Waals surface area (Å²) in [4.78, 5) is 220. The molecule has 0 aromatic rings. The zero-order chi connectivity index (χ0) is 87.3. The number of nitrogens with two attached hydrogens (primary N) is 4. The lowest BCUT2D eigenvalue weighted by molar-refractivity contribution is -0.143. The summed E-state index contributed by atoms with van der Waals surface area (Å²) in [5, 5.41) is 19.8. The summed E-state index contributed by atoms with van der Waals surface area (Å²) >= 11 is 0. The smallest absolute Gasteiger partial charge is 0.246 e. The fraction of sp³-hybridized carbons (Fsp3) is 0.810. The van der Waals surface area contributed by atoms with Crippen molar-refractivity contribution in [2.75, 3.05) is 78.9 Å². The number of rotatable bonds is 64. The fourth-order valence-corrected chi connectivity index (χ4v) is 14.1. The standard InChI is InChI=1S/C84H147N13O19/c1-15-54(10)75(95-82(111)65-29-23-39-97(65)84(113)74(53(8)9)94-77(106)56(12)17-3)70(102)47-58(14)79(108)92-63(31-33-72(88)104)68(100)49-60(27-19-21-35-86)81(110)90-37-25-41-115-43-45-116-44-42-114-40-24-36-89-80(109)59(26-18-20-34-85)48-67(99)62(30-32-71(87)103)91-78(107)57(13)46-66(98)61(51(4)5)50-69(101)64-28-22-38-96(64)83(112)73(52(6)7)93-76(105)55(11)16-2/h51-65,73-75H,15-50,85-86H2,1-14H3,(H2,87,103)(H2,88,104)(H,89,109)(H,90,110)(H,91,107)(H,92,108)(H,93,105)(H,94,106)(H,95,111)/t54-,55+,56+,57+,58+,59+,60+,61-,62-,63-,64-,65-,73-,74?,75-/m0/s1. The van der Waals surface area contributed by atoms with Crippen LogP contribution in [0.5, 0.6) is 0 Å². The van der Waals surface area contributed by atoms with E-state index in [0.29, 0.717) is 122 Å². The number of Topliss-reactive ketones (excluding diaryl/α,β-unsaturated/α-hetero) is 5. The number of carbonyl (C=O) groups is 16. The van der Waals surface area contributed by atoms with Gasteiger partial charge in [0.25, 0.3) is 0 Å². The van der Waals surface area contributed by atoms with Crippen LogP contribution in [0.15, 0.2) is 0 Å². The van der Waals surface area contributed by atoms with E-state index in [1.165, 1.54) is 23.6 Å². The number of primary amides is 2. The first-order chi connectivity index (χ1) is 54.9. The van der Waals surface area contributed by atoms with E-state index in [0.717, 1.165) is 0 Å². The molecule has 2 aliphatic rings. The molecule has 2 heterocycles. The molecule has 32 nitrogen and oxygen atoms in total. The van der Waals surface area contributed by atoms with Gasteiger partial charge in [0.1, 0.15) is 23.9 Å². The highest BCUT2D eigenvalue weighted by Gasteiger charge is 2.44. The van der Waals surface area contributed by atoms with E-state index in [2.05, 4.69) is 37.2 Å². The van der Waals surface area contributed by atoms with Crippen LogP contribution >= 0.6 is 0 Å². The van der Waals surface area contributed by atoms with Gasteiger partial charge < -0.3 is 84.2 Å². The summed E-state index contributed by atoms with van der Waals surface area (Å²) in [6, 6.07) is -6.78. The number of unbranched alkanes of at least 4 members (excludes halogenated alkanes) is 2. The monoisotopic (exact) mass is 1640 g/mol. The Morgan fingerprint density at radius 1 is 0.388 bits per heavy atom. The van der Waals surface area contributed by atoms with Gasteiger partial charge in [-0.2, -0.15) is 0 Å². The largest absolute Gasteiger partial charge is 0.379 e. The average Bonchev–Trinajstić information content (AvgIpc) is 1.66. The number of nitrogens with one attached hydrogen (secondary N) is 7. The summed E-state index contributed by atoms with van der Waals surface area (Å²) in [6.07, 6.45) is 5.21. The van der Waals surface area contributed by atoms with Crippen LogP contribution in [-0.2, 0) is 90.9 Å². The van der Waals surface area contributed by atoms with Crippen molar-refractivity contribution in [1.29, 1.82) is 0 Å². The number of nitrogens with zero attached hydrogens (tertiary/aromatic N) is 2. The predicted octanol–water partition coefficient (Wildman–Crippen LogP) is 4.27. The zero-order valence-corrected chi connectivity index (χ0v) is 72.3. The van der Waals surface area contributed by atoms with Crippen molar-refractivity contribution < 1.29 is 90.9 Å². The molecule has 15 atom stereocenters. The van der Waals surface area contributed by atoms with Crippen LogP contribution in [0, 0.1) is 65.1 Å². The maximum Gasteiger partial charge on any atom is 0.246 e. The highest BCUT2D eigenvalue weighted by atomic mass is 16.5. The number of ketones is 5. The van der Waals surface area contributed by atoms with Crippen LogP contribution in [0.3, 0.4) is 0 Å². The van der Waals surface area contributed by atoms with Gasteiger partial charge in [-0.3, -0.25) is 76.7 Å². The van der Waals surface area contributed by atoms with E-state index in [9.17, 15) is 76.7 Å². The van der Waals surface area contributed by atoms with Crippen molar-refractivity contribution in [2.24, 2.45) is 88.0 Å². The molecule has 662 valence electrons. The lowest BCUT2D eigenvalue weighted by Gasteiger charge is -2.32. The van der Waals surface area contributed by atoms with Crippen LogP contribution in [0.4, 0.5) is 0 Å². The number of ether oxygens (including phenoxy) is 3. The van der Waals surface area contributed by atoms with E-state index in [1.54, 1.807) is 34.6 Å². The highest BCUT2D eigenvalue weighted by Crippen LogP contribution is 2.29. The molecule has 2 aliphatic heterocycles. The Bertz CT molecular complexity index is 3150. The van der Waals surface area contributed by atoms with Gasteiger partial charge in [-0.25, -0.2) is 0 Å². The van der Waals surface area contributed by atoms with Crippen LogP contribution in [0.1, 0.15) is 251 Å². The topological polar surface area (TPSA) is 496 Å². The Morgan fingerprint density at radius 2 is 0.776 bits per heavy atom. The van der Waals surface area contributed by atoms with Gasteiger partial charge in [-0.15, -0.1) is 0 Å². The molecule has 32 heteroatoms. The summed E-state index contributed by atoms with van der Waals surface area (Å²) in [7, 11) is 0. The number of amides is 11. The van der Waals surface area contributed by atoms with Gasteiger partial charge in [0, 0.05) is 126 Å². The molecule has 0 aliphatic carbocycles. The van der Waals surface area contributed by atoms with Gasteiger partial charge in [0.15, 0.2) is 23.1 Å². The normalized spacial score (nSPS) is 17.6. The Hall–Kier alpha value is -7.68. The summed E-state index contributed by atoms with van der Waals surface area (Å²) in [6.45, 7) is 28.3. The highest BCUT2D eigenvalue weighted by molar-refractivity contribution is 6.00.